The Morgan fingerprint density at radius 3 is 2.28 bits per heavy atom. The van der Waals surface area contributed by atoms with E-state index in [2.05, 4.69) is 0 Å². The normalized spacial score (nSPS) is 14.2. The molecule has 0 spiro atoms. The van der Waals surface area contributed by atoms with Crippen molar-refractivity contribution in [3.05, 3.63) is 70.2 Å². The van der Waals surface area contributed by atoms with Crippen LogP contribution in [0, 0.1) is 6.92 Å². The van der Waals surface area contributed by atoms with Crippen molar-refractivity contribution >= 4 is 11.6 Å². The summed E-state index contributed by atoms with van der Waals surface area (Å²) in [5, 5.41) is 11.4. The smallest absolute Gasteiger partial charge is 0.0911 e. The fraction of sp³-hybridized carbons (Fsp3) is 0.250. The zero-order valence-electron chi connectivity index (χ0n) is 10.7. The third-order valence-electron chi connectivity index (χ3n) is 3.19. The van der Waals surface area contributed by atoms with E-state index < -0.39 is 5.60 Å². The third kappa shape index (κ3) is 2.92. The molecular weight excluding hydrogens is 244 g/mol. The van der Waals surface area contributed by atoms with Crippen LogP contribution in [0.3, 0.4) is 0 Å². The van der Waals surface area contributed by atoms with Crippen molar-refractivity contribution in [1.29, 1.82) is 0 Å². The Hall–Kier alpha value is -1.31. The highest BCUT2D eigenvalue weighted by Gasteiger charge is 2.24. The van der Waals surface area contributed by atoms with Gasteiger partial charge in [0.1, 0.15) is 0 Å². The molecule has 94 valence electrons. The van der Waals surface area contributed by atoms with Crippen molar-refractivity contribution < 1.29 is 5.11 Å². The van der Waals surface area contributed by atoms with E-state index in [1.54, 1.807) is 0 Å². The van der Waals surface area contributed by atoms with Gasteiger partial charge in [0.15, 0.2) is 0 Å². The van der Waals surface area contributed by atoms with Gasteiger partial charge in [-0.3, -0.25) is 0 Å². The van der Waals surface area contributed by atoms with E-state index in [9.17, 15) is 5.11 Å². The SMILES string of the molecule is Cc1ccccc1C(C)(O)Cc1ccc(Cl)cc1. The van der Waals surface area contributed by atoms with E-state index in [0.717, 1.165) is 16.7 Å². The molecule has 0 heterocycles. The van der Waals surface area contributed by atoms with E-state index in [0.29, 0.717) is 11.4 Å². The fourth-order valence-corrected chi connectivity index (χ4v) is 2.40. The summed E-state index contributed by atoms with van der Waals surface area (Å²) >= 11 is 5.86. The predicted molar refractivity (Wildman–Crippen MR) is 75.9 cm³/mol. The molecule has 2 aromatic rings. The molecule has 0 bridgehead atoms. The lowest BCUT2D eigenvalue weighted by atomic mass is 9.86. The van der Waals surface area contributed by atoms with Crippen LogP contribution in [-0.2, 0) is 12.0 Å². The first kappa shape index (κ1) is 13.1. The molecule has 0 radical (unpaired) electrons. The van der Waals surface area contributed by atoms with Gasteiger partial charge >= 0.3 is 0 Å². The molecule has 0 amide bonds. The van der Waals surface area contributed by atoms with E-state index in [4.69, 9.17) is 11.6 Å². The van der Waals surface area contributed by atoms with E-state index in [-0.39, 0.29) is 0 Å². The van der Waals surface area contributed by atoms with E-state index in [1.165, 1.54) is 0 Å². The maximum absolute atomic E-state index is 10.7. The molecule has 0 aliphatic rings. The van der Waals surface area contributed by atoms with Gasteiger partial charge in [-0.2, -0.15) is 0 Å². The molecule has 2 aromatic carbocycles. The fourth-order valence-electron chi connectivity index (χ4n) is 2.27. The molecule has 0 saturated heterocycles. The molecule has 1 N–H and O–H groups in total. The number of rotatable bonds is 3. The Balaban J connectivity index is 2.27. The minimum absolute atomic E-state index is 0.578. The second kappa shape index (κ2) is 5.13. The van der Waals surface area contributed by atoms with Gasteiger partial charge in [-0.25, -0.2) is 0 Å². The van der Waals surface area contributed by atoms with Crippen molar-refractivity contribution in [3.63, 3.8) is 0 Å². The summed E-state index contributed by atoms with van der Waals surface area (Å²) in [6.45, 7) is 3.87. The van der Waals surface area contributed by atoms with Crippen molar-refractivity contribution in [2.75, 3.05) is 0 Å². The average molecular weight is 261 g/mol. The molecule has 0 aliphatic carbocycles. The van der Waals surface area contributed by atoms with Crippen LogP contribution in [0.25, 0.3) is 0 Å². The van der Waals surface area contributed by atoms with Crippen LogP contribution in [0.4, 0.5) is 0 Å². The first-order valence-corrected chi connectivity index (χ1v) is 6.40. The first-order valence-electron chi connectivity index (χ1n) is 6.02. The summed E-state index contributed by atoms with van der Waals surface area (Å²) in [4.78, 5) is 0. The number of hydrogen-bond acceptors (Lipinski definition) is 1. The second-order valence-electron chi connectivity index (χ2n) is 4.89. The number of benzene rings is 2. The monoisotopic (exact) mass is 260 g/mol. The highest BCUT2D eigenvalue weighted by molar-refractivity contribution is 6.30. The van der Waals surface area contributed by atoms with Gasteiger partial charge in [-0.1, -0.05) is 48.0 Å². The quantitative estimate of drug-likeness (QED) is 0.881. The summed E-state index contributed by atoms with van der Waals surface area (Å²) in [5.41, 5.74) is 2.29. The molecular formula is C16H17ClO. The van der Waals surface area contributed by atoms with Crippen molar-refractivity contribution in [2.24, 2.45) is 0 Å². The predicted octanol–water partition coefficient (Wildman–Crippen LogP) is 4.10. The lowest BCUT2D eigenvalue weighted by Crippen LogP contribution is -2.25. The van der Waals surface area contributed by atoms with Gasteiger partial charge in [0.25, 0.3) is 0 Å². The Bertz CT molecular complexity index is 529. The zero-order chi connectivity index (χ0) is 13.2. The summed E-state index contributed by atoms with van der Waals surface area (Å²) in [6, 6.07) is 15.5. The molecule has 18 heavy (non-hydrogen) atoms. The summed E-state index contributed by atoms with van der Waals surface area (Å²) in [6.07, 6.45) is 0.578. The van der Waals surface area contributed by atoms with Gasteiger partial charge < -0.3 is 5.11 Å². The van der Waals surface area contributed by atoms with Crippen LogP contribution < -0.4 is 0 Å². The number of halogens is 1. The molecule has 1 unspecified atom stereocenters. The molecule has 0 fully saturated rings. The van der Waals surface area contributed by atoms with Crippen molar-refractivity contribution in [1.82, 2.24) is 0 Å². The molecule has 2 rings (SSSR count). The van der Waals surface area contributed by atoms with Gasteiger partial charge in [-0.15, -0.1) is 0 Å². The van der Waals surface area contributed by atoms with E-state index >= 15 is 0 Å². The summed E-state index contributed by atoms with van der Waals surface area (Å²) in [5.74, 6) is 0. The summed E-state index contributed by atoms with van der Waals surface area (Å²) < 4.78 is 0. The molecule has 1 nitrogen and oxygen atoms in total. The second-order valence-corrected chi connectivity index (χ2v) is 5.33. The van der Waals surface area contributed by atoms with Gasteiger partial charge in [0, 0.05) is 11.4 Å². The Morgan fingerprint density at radius 1 is 1.06 bits per heavy atom. The lowest BCUT2D eigenvalue weighted by Gasteiger charge is -2.26. The van der Waals surface area contributed by atoms with E-state index in [1.807, 2.05) is 62.4 Å². The Morgan fingerprint density at radius 2 is 1.67 bits per heavy atom. The molecule has 2 heteroatoms. The van der Waals surface area contributed by atoms with Crippen molar-refractivity contribution in [3.8, 4) is 0 Å². The van der Waals surface area contributed by atoms with Crippen LogP contribution in [0.5, 0.6) is 0 Å². The number of hydrogen-bond donors (Lipinski definition) is 1. The molecule has 0 aliphatic heterocycles. The maximum atomic E-state index is 10.7. The third-order valence-corrected chi connectivity index (χ3v) is 3.44. The standard InChI is InChI=1S/C16H17ClO/c1-12-5-3-4-6-15(12)16(2,18)11-13-7-9-14(17)10-8-13/h3-10,18H,11H2,1-2H3. The van der Waals surface area contributed by atoms with Crippen molar-refractivity contribution in [2.45, 2.75) is 25.9 Å². The van der Waals surface area contributed by atoms with Gasteiger partial charge in [-0.05, 0) is 42.7 Å². The van der Waals surface area contributed by atoms with Crippen LogP contribution in [0.2, 0.25) is 5.02 Å². The highest BCUT2D eigenvalue weighted by atomic mass is 35.5. The number of aryl methyl sites for hydroxylation is 1. The topological polar surface area (TPSA) is 20.2 Å². The minimum atomic E-state index is -0.862. The summed E-state index contributed by atoms with van der Waals surface area (Å²) in [7, 11) is 0. The zero-order valence-corrected chi connectivity index (χ0v) is 11.4. The molecule has 1 atom stereocenters. The average Bonchev–Trinajstić information content (AvgIpc) is 2.32. The molecule has 0 saturated carbocycles. The van der Waals surface area contributed by atoms with Crippen LogP contribution in [0.15, 0.2) is 48.5 Å². The van der Waals surface area contributed by atoms with Crippen LogP contribution in [-0.4, -0.2) is 5.11 Å². The minimum Gasteiger partial charge on any atom is -0.385 e. The van der Waals surface area contributed by atoms with Crippen LogP contribution in [0.1, 0.15) is 23.6 Å². The van der Waals surface area contributed by atoms with Gasteiger partial charge in [0.2, 0.25) is 0 Å². The number of aliphatic hydroxyl groups is 1. The molecule has 0 aromatic heterocycles. The van der Waals surface area contributed by atoms with Gasteiger partial charge in [0.05, 0.1) is 5.60 Å². The Labute approximate surface area is 113 Å². The van der Waals surface area contributed by atoms with Crippen LogP contribution >= 0.6 is 11.6 Å². The maximum Gasteiger partial charge on any atom is 0.0911 e. The largest absolute Gasteiger partial charge is 0.385 e. The first-order chi connectivity index (χ1) is 8.49. The Kier molecular flexibility index (Phi) is 3.74. The highest BCUT2D eigenvalue weighted by Crippen LogP contribution is 2.28. The lowest BCUT2D eigenvalue weighted by molar-refractivity contribution is 0.0570.